The van der Waals surface area contributed by atoms with Crippen molar-refractivity contribution in [1.82, 2.24) is 25.0 Å². The molecule has 0 bridgehead atoms. The molecule has 1 aliphatic rings. The Morgan fingerprint density at radius 1 is 1.28 bits per heavy atom. The molecule has 2 aromatic rings. The summed E-state index contributed by atoms with van der Waals surface area (Å²) in [4.78, 5) is 7.32. The summed E-state index contributed by atoms with van der Waals surface area (Å²) in [5.74, 6) is 5.11. The largest absolute Gasteiger partial charge is 0.497 e. The highest BCUT2D eigenvalue weighted by atomic mass is 16.5. The number of nitrogens with zero attached hydrogens (tertiary/aromatic N) is 5. The quantitative estimate of drug-likeness (QED) is 0.573. The number of hydrogen-bond donors (Lipinski definition) is 1. The second-order valence-corrected chi connectivity index (χ2v) is 8.29. The number of hydrogen-bond acceptors (Lipinski definition) is 4. The molecular weight excluding hydrogens is 364 g/mol. The summed E-state index contributed by atoms with van der Waals surface area (Å²) < 4.78 is 7.26. The van der Waals surface area contributed by atoms with E-state index < -0.39 is 0 Å². The van der Waals surface area contributed by atoms with Crippen molar-refractivity contribution in [2.75, 3.05) is 20.2 Å². The summed E-state index contributed by atoms with van der Waals surface area (Å²) in [6.45, 7) is 9.92. The molecule has 1 atom stereocenters. The lowest BCUT2D eigenvalue weighted by molar-refractivity contribution is 0.402. The number of aliphatic imine (C=N–C) groups is 1. The fourth-order valence-electron chi connectivity index (χ4n) is 3.81. The van der Waals surface area contributed by atoms with Gasteiger partial charge in [-0.2, -0.15) is 0 Å². The highest BCUT2D eigenvalue weighted by molar-refractivity contribution is 5.80. The van der Waals surface area contributed by atoms with Gasteiger partial charge in [0.05, 0.1) is 20.2 Å². The predicted molar refractivity (Wildman–Crippen MR) is 116 cm³/mol. The van der Waals surface area contributed by atoms with Crippen molar-refractivity contribution in [3.63, 3.8) is 0 Å². The molecular formula is C22H34N6O. The van der Waals surface area contributed by atoms with Gasteiger partial charge in [0.1, 0.15) is 11.6 Å². The second kappa shape index (κ2) is 9.76. The van der Waals surface area contributed by atoms with Gasteiger partial charge in [0.25, 0.3) is 0 Å². The van der Waals surface area contributed by atoms with Crippen molar-refractivity contribution in [1.29, 1.82) is 0 Å². The average Bonchev–Trinajstić information content (AvgIpc) is 3.29. The van der Waals surface area contributed by atoms with Crippen LogP contribution in [-0.2, 0) is 20.1 Å². The lowest BCUT2D eigenvalue weighted by Gasteiger charge is -2.22. The molecule has 0 spiro atoms. The van der Waals surface area contributed by atoms with Crippen LogP contribution in [0, 0.1) is 18.8 Å². The Morgan fingerprint density at radius 2 is 2.03 bits per heavy atom. The third-order valence-corrected chi connectivity index (χ3v) is 5.55. The molecule has 3 rings (SSSR count). The van der Waals surface area contributed by atoms with E-state index in [9.17, 15) is 0 Å². The standard InChI is InChI=1S/C22H34N6O/c1-16(2)12-19-10-11-28(15-19)22(24-14-21-26-25-17(3)27(21)4)23-13-18-6-8-20(29-5)9-7-18/h6-9,16,19H,10-15H2,1-5H3,(H,23,24). The molecule has 1 fully saturated rings. The number of guanidine groups is 1. The molecule has 158 valence electrons. The highest BCUT2D eigenvalue weighted by Gasteiger charge is 2.25. The highest BCUT2D eigenvalue weighted by Crippen LogP contribution is 2.23. The smallest absolute Gasteiger partial charge is 0.194 e. The molecule has 7 nitrogen and oxygen atoms in total. The lowest BCUT2D eigenvalue weighted by Crippen LogP contribution is -2.40. The minimum Gasteiger partial charge on any atom is -0.497 e. The van der Waals surface area contributed by atoms with E-state index in [0.717, 1.165) is 53.8 Å². The van der Waals surface area contributed by atoms with Crippen LogP contribution in [0.3, 0.4) is 0 Å². The van der Waals surface area contributed by atoms with Crippen molar-refractivity contribution in [2.45, 2.75) is 46.7 Å². The summed E-state index contributed by atoms with van der Waals surface area (Å²) in [7, 11) is 3.68. The monoisotopic (exact) mass is 398 g/mol. The number of methoxy groups -OCH3 is 1. The third kappa shape index (κ3) is 5.71. The first-order chi connectivity index (χ1) is 14.0. The summed E-state index contributed by atoms with van der Waals surface area (Å²) in [6.07, 6.45) is 2.50. The maximum absolute atomic E-state index is 5.25. The van der Waals surface area contributed by atoms with Crippen LogP contribution in [0.25, 0.3) is 0 Å². The van der Waals surface area contributed by atoms with Gasteiger partial charge in [-0.1, -0.05) is 26.0 Å². The molecule has 0 aliphatic carbocycles. The van der Waals surface area contributed by atoms with E-state index in [-0.39, 0.29) is 0 Å². The SMILES string of the molecule is COc1ccc(CN=C(NCc2nnc(C)n2C)N2CCC(CC(C)C)C2)cc1. The number of aromatic nitrogens is 3. The molecule has 2 heterocycles. The van der Waals surface area contributed by atoms with E-state index in [1.165, 1.54) is 12.8 Å². The third-order valence-electron chi connectivity index (χ3n) is 5.55. The zero-order chi connectivity index (χ0) is 20.8. The number of ether oxygens (including phenoxy) is 1. The minimum atomic E-state index is 0.615. The van der Waals surface area contributed by atoms with Gasteiger partial charge in [0.15, 0.2) is 11.8 Å². The molecule has 1 aliphatic heterocycles. The minimum absolute atomic E-state index is 0.615. The number of rotatable bonds is 7. The van der Waals surface area contributed by atoms with Crippen LogP contribution >= 0.6 is 0 Å². The van der Waals surface area contributed by atoms with E-state index in [2.05, 4.69) is 46.4 Å². The molecule has 1 unspecified atom stereocenters. The topological polar surface area (TPSA) is 67.6 Å². The molecule has 7 heteroatoms. The Hall–Kier alpha value is -2.57. The Labute approximate surface area is 174 Å². The van der Waals surface area contributed by atoms with Crippen LogP contribution in [0.1, 0.15) is 43.9 Å². The van der Waals surface area contributed by atoms with E-state index in [4.69, 9.17) is 9.73 Å². The summed E-state index contributed by atoms with van der Waals surface area (Å²) >= 11 is 0. The Kier molecular flexibility index (Phi) is 7.12. The summed E-state index contributed by atoms with van der Waals surface area (Å²) in [5, 5.41) is 11.9. The zero-order valence-corrected chi connectivity index (χ0v) is 18.4. The van der Waals surface area contributed by atoms with Gasteiger partial charge in [-0.05, 0) is 49.3 Å². The van der Waals surface area contributed by atoms with Gasteiger partial charge in [-0.3, -0.25) is 0 Å². The molecule has 0 saturated carbocycles. The maximum Gasteiger partial charge on any atom is 0.194 e. The van der Waals surface area contributed by atoms with Crippen molar-refractivity contribution in [3.8, 4) is 5.75 Å². The Morgan fingerprint density at radius 3 is 2.66 bits per heavy atom. The number of likely N-dealkylation sites (tertiary alicyclic amines) is 1. The average molecular weight is 399 g/mol. The lowest BCUT2D eigenvalue weighted by atomic mass is 9.97. The van der Waals surface area contributed by atoms with Crippen LogP contribution in [-0.4, -0.2) is 45.8 Å². The fraction of sp³-hybridized carbons (Fsp3) is 0.591. The Bertz CT molecular complexity index is 811. The van der Waals surface area contributed by atoms with Crippen LogP contribution in [0.4, 0.5) is 0 Å². The van der Waals surface area contributed by atoms with Gasteiger partial charge in [0.2, 0.25) is 0 Å². The Balaban J connectivity index is 1.70. The second-order valence-electron chi connectivity index (χ2n) is 8.29. The predicted octanol–water partition coefficient (Wildman–Crippen LogP) is 3.15. The zero-order valence-electron chi connectivity index (χ0n) is 18.4. The van der Waals surface area contributed by atoms with Gasteiger partial charge < -0.3 is 19.5 Å². The van der Waals surface area contributed by atoms with E-state index in [1.807, 2.05) is 30.7 Å². The summed E-state index contributed by atoms with van der Waals surface area (Å²) in [5.41, 5.74) is 1.16. The normalized spacial score (nSPS) is 17.2. The first kappa shape index (κ1) is 21.1. The van der Waals surface area contributed by atoms with Gasteiger partial charge >= 0.3 is 0 Å². The van der Waals surface area contributed by atoms with Crippen molar-refractivity contribution in [2.24, 2.45) is 23.9 Å². The van der Waals surface area contributed by atoms with Crippen LogP contribution in [0.2, 0.25) is 0 Å². The van der Waals surface area contributed by atoms with Crippen LogP contribution in [0.5, 0.6) is 5.75 Å². The molecule has 1 N–H and O–H groups in total. The van der Waals surface area contributed by atoms with Crippen LogP contribution in [0.15, 0.2) is 29.3 Å². The molecule has 0 amide bonds. The number of aryl methyl sites for hydroxylation is 1. The molecule has 1 saturated heterocycles. The van der Waals surface area contributed by atoms with Crippen molar-refractivity contribution < 1.29 is 4.74 Å². The summed E-state index contributed by atoms with van der Waals surface area (Å²) in [6, 6.07) is 8.10. The maximum atomic E-state index is 5.25. The van der Waals surface area contributed by atoms with Crippen molar-refractivity contribution in [3.05, 3.63) is 41.5 Å². The molecule has 0 radical (unpaired) electrons. The number of benzene rings is 1. The molecule has 29 heavy (non-hydrogen) atoms. The van der Waals surface area contributed by atoms with E-state index in [1.54, 1.807) is 7.11 Å². The molecule has 1 aromatic carbocycles. The van der Waals surface area contributed by atoms with Gasteiger partial charge in [-0.25, -0.2) is 4.99 Å². The fourth-order valence-corrected chi connectivity index (χ4v) is 3.81. The first-order valence-corrected chi connectivity index (χ1v) is 10.5. The van der Waals surface area contributed by atoms with Gasteiger partial charge in [-0.15, -0.1) is 10.2 Å². The first-order valence-electron chi connectivity index (χ1n) is 10.5. The van der Waals surface area contributed by atoms with Crippen molar-refractivity contribution >= 4 is 5.96 Å². The van der Waals surface area contributed by atoms with E-state index >= 15 is 0 Å². The molecule has 1 aromatic heterocycles. The van der Waals surface area contributed by atoms with Gasteiger partial charge in [0, 0.05) is 20.1 Å². The number of nitrogens with one attached hydrogen (secondary N) is 1. The van der Waals surface area contributed by atoms with E-state index in [0.29, 0.717) is 13.1 Å². The van der Waals surface area contributed by atoms with Crippen LogP contribution < -0.4 is 10.1 Å².